The second-order valence-electron chi connectivity index (χ2n) is 23.1. The maximum atomic E-state index is 13.0. The van der Waals surface area contributed by atoms with Crippen LogP contribution in [-0.2, 0) is 18.4 Å². The summed E-state index contributed by atoms with van der Waals surface area (Å²) in [6.07, 6.45) is 77.6. The van der Waals surface area contributed by atoms with Gasteiger partial charge in [0.25, 0.3) is 7.82 Å². The van der Waals surface area contributed by atoms with E-state index in [2.05, 4.69) is 67.8 Å². The molecule has 0 aliphatic rings. The Balaban J connectivity index is 4.16. The molecule has 0 aromatic heterocycles. The van der Waals surface area contributed by atoms with Gasteiger partial charge >= 0.3 is 0 Å². The van der Waals surface area contributed by atoms with Crippen LogP contribution in [0.5, 0.6) is 0 Å². The van der Waals surface area contributed by atoms with E-state index in [0.29, 0.717) is 17.4 Å². The molecule has 0 spiro atoms. The second-order valence-corrected chi connectivity index (χ2v) is 24.5. The molecule has 75 heavy (non-hydrogen) atoms. The number of phosphoric acid groups is 1. The normalized spacial score (nSPS) is 14.2. The molecule has 0 radical (unpaired) electrons. The van der Waals surface area contributed by atoms with Gasteiger partial charge in [0.2, 0.25) is 5.91 Å². The fourth-order valence-electron chi connectivity index (χ4n) is 9.41. The summed E-state index contributed by atoms with van der Waals surface area (Å²) in [7, 11) is 1.24. The number of carbonyl (C=O) groups excluding carboxylic acids is 1. The molecular formula is C66H125N2O6P. The highest BCUT2D eigenvalue weighted by molar-refractivity contribution is 7.45. The molecule has 0 aliphatic carbocycles. The van der Waals surface area contributed by atoms with Crippen molar-refractivity contribution in [3.05, 3.63) is 60.8 Å². The van der Waals surface area contributed by atoms with E-state index in [1.807, 2.05) is 27.2 Å². The first kappa shape index (κ1) is 73.2. The molecule has 0 fully saturated rings. The van der Waals surface area contributed by atoms with Gasteiger partial charge in [0.05, 0.1) is 39.9 Å². The largest absolute Gasteiger partial charge is 0.756 e. The van der Waals surface area contributed by atoms with Crippen LogP contribution in [0.1, 0.15) is 303 Å². The number of likely N-dealkylation sites (N-methyl/N-ethyl adjacent to an activating group) is 1. The van der Waals surface area contributed by atoms with E-state index >= 15 is 0 Å². The molecule has 3 atom stereocenters. The number of carbonyl (C=O) groups is 1. The smallest absolute Gasteiger partial charge is 0.268 e. The van der Waals surface area contributed by atoms with Crippen molar-refractivity contribution in [2.45, 2.75) is 315 Å². The Kier molecular flexibility index (Phi) is 55.5. The summed E-state index contributed by atoms with van der Waals surface area (Å²) in [4.78, 5) is 25.5. The minimum absolute atomic E-state index is 0.0110. The second kappa shape index (κ2) is 56.9. The number of hydrogen-bond acceptors (Lipinski definition) is 6. The first-order valence-electron chi connectivity index (χ1n) is 32.2. The van der Waals surface area contributed by atoms with Crippen molar-refractivity contribution < 1.29 is 32.9 Å². The Morgan fingerprint density at radius 3 is 1.17 bits per heavy atom. The van der Waals surface area contributed by atoms with E-state index in [1.165, 1.54) is 218 Å². The highest BCUT2D eigenvalue weighted by Crippen LogP contribution is 2.38. The van der Waals surface area contributed by atoms with Gasteiger partial charge in [-0.1, -0.05) is 286 Å². The van der Waals surface area contributed by atoms with Gasteiger partial charge in [-0.05, 0) is 70.6 Å². The Morgan fingerprint density at radius 1 is 0.467 bits per heavy atom. The van der Waals surface area contributed by atoms with Crippen molar-refractivity contribution in [3.63, 3.8) is 0 Å². The lowest BCUT2D eigenvalue weighted by molar-refractivity contribution is -0.870. The Labute approximate surface area is 466 Å². The molecule has 8 nitrogen and oxygen atoms in total. The zero-order chi connectivity index (χ0) is 54.9. The van der Waals surface area contributed by atoms with Crippen LogP contribution in [0.4, 0.5) is 0 Å². The molecule has 0 saturated heterocycles. The number of allylic oxidation sites excluding steroid dienone is 9. The molecular weight excluding hydrogens is 948 g/mol. The van der Waals surface area contributed by atoms with E-state index < -0.39 is 26.6 Å². The van der Waals surface area contributed by atoms with Gasteiger partial charge in [0, 0.05) is 6.42 Å². The number of aliphatic hydroxyl groups excluding tert-OH is 1. The number of rotatable bonds is 59. The number of aliphatic hydroxyl groups is 1. The average molecular weight is 1070 g/mol. The monoisotopic (exact) mass is 1070 g/mol. The maximum Gasteiger partial charge on any atom is 0.268 e. The van der Waals surface area contributed by atoms with Crippen molar-refractivity contribution in [1.29, 1.82) is 0 Å². The quantitative estimate of drug-likeness (QED) is 0.0272. The highest BCUT2D eigenvalue weighted by Gasteiger charge is 2.23. The molecule has 0 aliphatic heterocycles. The standard InChI is InChI=1S/C66H125N2O6P/c1-6-8-10-12-14-16-18-20-22-24-26-28-29-30-31-32-33-34-35-36-37-38-40-41-43-45-47-49-51-53-55-57-59-65(69)64(63-74-75(71,72)73-62-61-68(3,4)5)67-66(70)60-58-56-54-52-50-48-46-44-42-39-27-25-23-21-19-17-15-13-11-9-7-2/h19,21,25,27,42,44,49,51,57,59,64-65,69H,6-18,20,22-24,26,28-41,43,45-48,50,52-56,58,60-63H2,1-5H3,(H-,67,70,71,72)/b21-19-,27-25-,44-42-,51-49+,59-57+. The lowest BCUT2D eigenvalue weighted by atomic mass is 10.0. The summed E-state index contributed by atoms with van der Waals surface area (Å²) in [5, 5.41) is 13.9. The molecule has 9 heteroatoms. The molecule has 3 unspecified atom stereocenters. The highest BCUT2D eigenvalue weighted by atomic mass is 31.2. The van der Waals surface area contributed by atoms with Gasteiger partial charge in [-0.3, -0.25) is 9.36 Å². The third-order valence-electron chi connectivity index (χ3n) is 14.4. The van der Waals surface area contributed by atoms with Gasteiger partial charge in [-0.25, -0.2) is 0 Å². The molecule has 0 rings (SSSR count). The first-order valence-corrected chi connectivity index (χ1v) is 33.6. The molecule has 0 aromatic rings. The van der Waals surface area contributed by atoms with Crippen molar-refractivity contribution in [1.82, 2.24) is 5.32 Å². The number of nitrogens with zero attached hydrogens (tertiary/aromatic N) is 1. The number of amides is 1. The Hall–Kier alpha value is -1.80. The molecule has 1 amide bonds. The zero-order valence-corrected chi connectivity index (χ0v) is 51.1. The lowest BCUT2D eigenvalue weighted by Gasteiger charge is -2.29. The van der Waals surface area contributed by atoms with Crippen LogP contribution in [0.3, 0.4) is 0 Å². The summed E-state index contributed by atoms with van der Waals surface area (Å²) in [5.74, 6) is -0.218. The van der Waals surface area contributed by atoms with Crippen LogP contribution in [0.15, 0.2) is 60.8 Å². The zero-order valence-electron chi connectivity index (χ0n) is 50.3. The van der Waals surface area contributed by atoms with Crippen molar-refractivity contribution in [2.24, 2.45) is 0 Å². The molecule has 0 aromatic carbocycles. The van der Waals surface area contributed by atoms with E-state index in [0.717, 1.165) is 64.2 Å². The first-order chi connectivity index (χ1) is 36.5. The molecule has 0 saturated carbocycles. The fraction of sp³-hybridized carbons (Fsp3) is 0.833. The maximum absolute atomic E-state index is 13.0. The van der Waals surface area contributed by atoms with Gasteiger partial charge in [0.15, 0.2) is 0 Å². The number of nitrogens with one attached hydrogen (secondary N) is 1. The fourth-order valence-corrected chi connectivity index (χ4v) is 10.1. The molecule has 2 N–H and O–H groups in total. The van der Waals surface area contributed by atoms with Gasteiger partial charge in [-0.2, -0.15) is 0 Å². The van der Waals surface area contributed by atoms with Crippen molar-refractivity contribution in [2.75, 3.05) is 40.9 Å². The van der Waals surface area contributed by atoms with Gasteiger partial charge < -0.3 is 28.8 Å². The van der Waals surface area contributed by atoms with E-state index in [1.54, 1.807) is 6.08 Å². The Bertz CT molecular complexity index is 1400. The molecule has 0 heterocycles. The number of quaternary nitrogens is 1. The summed E-state index contributed by atoms with van der Waals surface area (Å²) in [6.45, 7) is 4.64. The minimum Gasteiger partial charge on any atom is -0.756 e. The van der Waals surface area contributed by atoms with E-state index in [-0.39, 0.29) is 12.5 Å². The topological polar surface area (TPSA) is 108 Å². The predicted octanol–water partition coefficient (Wildman–Crippen LogP) is 19.4. The lowest BCUT2D eigenvalue weighted by Crippen LogP contribution is -2.45. The summed E-state index contributed by atoms with van der Waals surface area (Å²) in [5.41, 5.74) is 0. The third kappa shape index (κ3) is 59.7. The van der Waals surface area contributed by atoms with E-state index in [9.17, 15) is 19.4 Å². The Morgan fingerprint density at radius 2 is 0.787 bits per heavy atom. The van der Waals surface area contributed by atoms with Crippen LogP contribution in [0.25, 0.3) is 0 Å². The number of phosphoric ester groups is 1. The van der Waals surface area contributed by atoms with Gasteiger partial charge in [-0.15, -0.1) is 0 Å². The van der Waals surface area contributed by atoms with Crippen LogP contribution in [0.2, 0.25) is 0 Å². The van der Waals surface area contributed by atoms with Crippen LogP contribution < -0.4 is 10.2 Å². The summed E-state index contributed by atoms with van der Waals surface area (Å²) >= 11 is 0. The SMILES string of the molecule is CCCCCCC/C=C\C/C=C\C/C=C\CCCCCCCCC(=O)NC(COP(=O)([O-])OCC[N+](C)(C)C)C(O)/C=C/CC/C=C/CCCCCCCCCCCCCCCCCCCCCCCCCCCC. The number of unbranched alkanes of at least 4 members (excludes halogenated alkanes) is 38. The van der Waals surface area contributed by atoms with Crippen molar-refractivity contribution >= 4 is 13.7 Å². The number of hydrogen-bond donors (Lipinski definition) is 2. The van der Waals surface area contributed by atoms with Crippen molar-refractivity contribution in [3.8, 4) is 0 Å². The third-order valence-corrected chi connectivity index (χ3v) is 15.4. The predicted molar refractivity (Wildman–Crippen MR) is 325 cm³/mol. The van der Waals surface area contributed by atoms with E-state index in [4.69, 9.17) is 9.05 Å². The molecule has 0 bridgehead atoms. The minimum atomic E-state index is -4.62. The summed E-state index contributed by atoms with van der Waals surface area (Å²) < 4.78 is 23.4. The van der Waals surface area contributed by atoms with Crippen LogP contribution in [0, 0.1) is 0 Å². The summed E-state index contributed by atoms with van der Waals surface area (Å²) in [6, 6.07) is -0.915. The van der Waals surface area contributed by atoms with Crippen LogP contribution >= 0.6 is 7.82 Å². The van der Waals surface area contributed by atoms with Gasteiger partial charge in [0.1, 0.15) is 13.2 Å². The average Bonchev–Trinajstić information content (AvgIpc) is 3.37. The van der Waals surface area contributed by atoms with Crippen LogP contribution in [-0.4, -0.2) is 68.5 Å². The molecule has 440 valence electrons.